The summed E-state index contributed by atoms with van der Waals surface area (Å²) >= 11 is 0. The Morgan fingerprint density at radius 2 is 1.89 bits per heavy atom. The van der Waals surface area contributed by atoms with Crippen molar-refractivity contribution in [2.24, 2.45) is 0 Å². The van der Waals surface area contributed by atoms with E-state index >= 15 is 0 Å². The molecule has 1 amide bonds. The fourth-order valence-electron chi connectivity index (χ4n) is 2.38. The molecule has 0 spiro atoms. The summed E-state index contributed by atoms with van der Waals surface area (Å²) in [6.45, 7) is 3.59. The van der Waals surface area contributed by atoms with Crippen LogP contribution in [0.1, 0.15) is 24.3 Å². The lowest BCUT2D eigenvalue weighted by Crippen LogP contribution is -2.33. The normalized spacial score (nSPS) is 11.8. The molecule has 0 aliphatic rings. The molecule has 2 aromatic heterocycles. The van der Waals surface area contributed by atoms with Crippen molar-refractivity contribution in [1.82, 2.24) is 14.4 Å². The zero-order valence-corrected chi connectivity index (χ0v) is 16.5. The van der Waals surface area contributed by atoms with Gasteiger partial charge >= 0.3 is 0 Å². The molecular formula is C19H20N4O4S. The minimum atomic E-state index is -3.58. The predicted octanol–water partition coefficient (Wildman–Crippen LogP) is 3.02. The van der Waals surface area contributed by atoms with E-state index in [1.807, 2.05) is 0 Å². The van der Waals surface area contributed by atoms with Crippen LogP contribution in [0.2, 0.25) is 0 Å². The van der Waals surface area contributed by atoms with Crippen LogP contribution in [-0.4, -0.2) is 41.9 Å². The Bertz CT molecular complexity index is 1060. The molecule has 3 aromatic rings. The predicted molar refractivity (Wildman–Crippen MR) is 104 cm³/mol. The van der Waals surface area contributed by atoms with Crippen LogP contribution in [0.15, 0.2) is 64.3 Å². The Kier molecular flexibility index (Phi) is 5.57. The monoisotopic (exact) mass is 400 g/mol. The summed E-state index contributed by atoms with van der Waals surface area (Å²) in [4.78, 5) is 16.5. The van der Waals surface area contributed by atoms with Gasteiger partial charge in [0.2, 0.25) is 10.0 Å². The molecule has 28 heavy (non-hydrogen) atoms. The highest BCUT2D eigenvalue weighted by atomic mass is 32.2. The summed E-state index contributed by atoms with van der Waals surface area (Å²) in [5.41, 5.74) is 1.26. The minimum absolute atomic E-state index is 0.107. The minimum Gasteiger partial charge on any atom is -0.355 e. The Labute approximate surface area is 163 Å². The fraction of sp³-hybridized carbons (Fsp3) is 0.211. The lowest BCUT2D eigenvalue weighted by atomic mass is 10.2. The molecule has 1 aromatic carbocycles. The van der Waals surface area contributed by atoms with Crippen molar-refractivity contribution in [3.8, 4) is 11.3 Å². The topological polar surface area (TPSA) is 105 Å². The lowest BCUT2D eigenvalue weighted by molar-refractivity contribution is 0.101. The Morgan fingerprint density at radius 1 is 1.18 bits per heavy atom. The van der Waals surface area contributed by atoms with E-state index in [1.165, 1.54) is 41.7 Å². The third-order valence-electron chi connectivity index (χ3n) is 4.21. The molecule has 0 saturated heterocycles. The third-order valence-corrected chi connectivity index (χ3v) is 6.25. The van der Waals surface area contributed by atoms with Crippen molar-refractivity contribution in [1.29, 1.82) is 0 Å². The number of anilines is 1. The summed E-state index contributed by atoms with van der Waals surface area (Å²) in [6, 6.07) is 10.9. The van der Waals surface area contributed by atoms with E-state index in [2.05, 4.69) is 15.5 Å². The van der Waals surface area contributed by atoms with Gasteiger partial charge in [-0.25, -0.2) is 8.42 Å². The molecular weight excluding hydrogens is 380 g/mol. The first kappa shape index (κ1) is 19.7. The zero-order valence-electron chi connectivity index (χ0n) is 15.7. The van der Waals surface area contributed by atoms with Gasteiger partial charge in [-0.15, -0.1) is 0 Å². The summed E-state index contributed by atoms with van der Waals surface area (Å²) in [5, 5.41) is 6.44. The molecule has 0 radical (unpaired) electrons. The van der Waals surface area contributed by atoms with Crippen LogP contribution in [0.5, 0.6) is 0 Å². The SMILES string of the molecule is CC(C)N(C)S(=O)(=O)c1ccc(NC(=O)c2cc(-c3cccnc3)on2)cc1. The summed E-state index contributed by atoms with van der Waals surface area (Å²) < 4.78 is 31.4. The van der Waals surface area contributed by atoms with E-state index < -0.39 is 15.9 Å². The second-order valence-corrected chi connectivity index (χ2v) is 8.41. The number of aromatic nitrogens is 2. The van der Waals surface area contributed by atoms with Crippen molar-refractivity contribution in [3.63, 3.8) is 0 Å². The molecule has 9 heteroatoms. The Morgan fingerprint density at radius 3 is 2.50 bits per heavy atom. The Hall–Kier alpha value is -3.04. The van der Waals surface area contributed by atoms with Crippen molar-refractivity contribution in [3.05, 3.63) is 60.6 Å². The van der Waals surface area contributed by atoms with E-state index in [4.69, 9.17) is 4.52 Å². The van der Waals surface area contributed by atoms with Crippen LogP contribution in [-0.2, 0) is 10.0 Å². The lowest BCUT2D eigenvalue weighted by Gasteiger charge is -2.21. The van der Waals surface area contributed by atoms with Crippen LogP contribution in [0.3, 0.4) is 0 Å². The number of nitrogens with one attached hydrogen (secondary N) is 1. The van der Waals surface area contributed by atoms with Gasteiger partial charge in [-0.1, -0.05) is 5.16 Å². The molecule has 1 N–H and O–H groups in total. The van der Waals surface area contributed by atoms with Crippen LogP contribution in [0, 0.1) is 0 Å². The van der Waals surface area contributed by atoms with Crippen molar-refractivity contribution in [2.75, 3.05) is 12.4 Å². The highest BCUT2D eigenvalue weighted by molar-refractivity contribution is 7.89. The highest BCUT2D eigenvalue weighted by Gasteiger charge is 2.23. The van der Waals surface area contributed by atoms with E-state index in [-0.39, 0.29) is 16.6 Å². The first-order chi connectivity index (χ1) is 13.3. The van der Waals surface area contributed by atoms with Gasteiger partial charge in [0, 0.05) is 42.8 Å². The largest absolute Gasteiger partial charge is 0.355 e. The van der Waals surface area contributed by atoms with E-state index in [0.29, 0.717) is 17.0 Å². The average Bonchev–Trinajstić information content (AvgIpc) is 3.19. The molecule has 0 aliphatic heterocycles. The van der Waals surface area contributed by atoms with Crippen LogP contribution in [0.25, 0.3) is 11.3 Å². The van der Waals surface area contributed by atoms with Gasteiger partial charge in [0.05, 0.1) is 4.90 Å². The molecule has 0 fully saturated rings. The quantitative estimate of drug-likeness (QED) is 0.682. The Balaban J connectivity index is 1.73. The second kappa shape index (κ2) is 7.91. The number of pyridine rings is 1. The average molecular weight is 400 g/mol. The third kappa shape index (κ3) is 4.10. The molecule has 3 rings (SSSR count). The number of rotatable bonds is 6. The molecule has 0 unspecified atom stereocenters. The maximum atomic E-state index is 12.5. The number of benzene rings is 1. The van der Waals surface area contributed by atoms with Crippen molar-refractivity contribution >= 4 is 21.6 Å². The number of hydrogen-bond acceptors (Lipinski definition) is 6. The van der Waals surface area contributed by atoms with Gasteiger partial charge in [0.25, 0.3) is 5.91 Å². The fourth-order valence-corrected chi connectivity index (χ4v) is 3.74. The second-order valence-electron chi connectivity index (χ2n) is 6.41. The van der Waals surface area contributed by atoms with Gasteiger partial charge in [-0.05, 0) is 50.2 Å². The summed E-state index contributed by atoms with van der Waals surface area (Å²) in [5.74, 6) is -0.0368. The van der Waals surface area contributed by atoms with Gasteiger partial charge in [-0.3, -0.25) is 9.78 Å². The number of nitrogens with zero attached hydrogens (tertiary/aromatic N) is 3. The number of hydrogen-bond donors (Lipinski definition) is 1. The molecule has 0 aliphatic carbocycles. The van der Waals surface area contributed by atoms with Gasteiger partial charge in [0.1, 0.15) is 0 Å². The van der Waals surface area contributed by atoms with Crippen LogP contribution in [0.4, 0.5) is 5.69 Å². The highest BCUT2D eigenvalue weighted by Crippen LogP contribution is 2.21. The van der Waals surface area contributed by atoms with E-state index in [0.717, 1.165) is 0 Å². The van der Waals surface area contributed by atoms with E-state index in [1.54, 1.807) is 38.4 Å². The molecule has 0 bridgehead atoms. The number of carbonyl (C=O) groups excluding carboxylic acids is 1. The number of carbonyl (C=O) groups is 1. The smallest absolute Gasteiger partial charge is 0.277 e. The van der Waals surface area contributed by atoms with Gasteiger partial charge in [0.15, 0.2) is 11.5 Å². The van der Waals surface area contributed by atoms with Crippen LogP contribution < -0.4 is 5.32 Å². The summed E-state index contributed by atoms with van der Waals surface area (Å²) in [7, 11) is -2.05. The number of sulfonamides is 1. The molecule has 146 valence electrons. The number of amides is 1. The standard InChI is InChI=1S/C19H20N4O4S/c1-13(2)23(3)28(25,26)16-8-6-15(7-9-16)21-19(24)17-11-18(27-22-17)14-5-4-10-20-12-14/h4-13H,1-3H3,(H,21,24). The van der Waals surface area contributed by atoms with Crippen molar-refractivity contribution in [2.45, 2.75) is 24.8 Å². The van der Waals surface area contributed by atoms with Gasteiger partial charge < -0.3 is 9.84 Å². The summed E-state index contributed by atoms with van der Waals surface area (Å²) in [6.07, 6.45) is 3.24. The first-order valence-corrected chi connectivity index (χ1v) is 9.99. The maximum Gasteiger partial charge on any atom is 0.277 e. The maximum absolute atomic E-state index is 12.5. The first-order valence-electron chi connectivity index (χ1n) is 8.55. The van der Waals surface area contributed by atoms with Gasteiger partial charge in [-0.2, -0.15) is 4.31 Å². The van der Waals surface area contributed by atoms with E-state index in [9.17, 15) is 13.2 Å². The zero-order chi connectivity index (χ0) is 20.3. The van der Waals surface area contributed by atoms with Crippen LogP contribution >= 0.6 is 0 Å². The molecule has 0 atom stereocenters. The molecule has 0 saturated carbocycles. The molecule has 8 nitrogen and oxygen atoms in total. The van der Waals surface area contributed by atoms with Crippen molar-refractivity contribution < 1.29 is 17.7 Å². The molecule has 2 heterocycles.